The summed E-state index contributed by atoms with van der Waals surface area (Å²) in [6, 6.07) is 64.7. The molecular formula is C59H38N2O. The van der Waals surface area contributed by atoms with Gasteiger partial charge >= 0.3 is 0 Å². The number of nitrogens with zero attached hydrogens (tertiary/aromatic N) is 2. The van der Waals surface area contributed by atoms with Crippen LogP contribution < -0.4 is 0 Å². The van der Waals surface area contributed by atoms with E-state index in [0.717, 1.165) is 93.7 Å². The summed E-state index contributed by atoms with van der Waals surface area (Å²) < 4.78 is 6.77. The molecule has 9 aromatic carbocycles. The summed E-state index contributed by atoms with van der Waals surface area (Å²) >= 11 is 0. The minimum Gasteiger partial charge on any atom is -0.455 e. The van der Waals surface area contributed by atoms with Crippen LogP contribution in [0.2, 0.25) is 0 Å². The lowest BCUT2D eigenvalue weighted by molar-refractivity contribution is 0.673. The van der Waals surface area contributed by atoms with Gasteiger partial charge in [-0.05, 0) is 90.3 Å². The average molecular weight is 791 g/mol. The van der Waals surface area contributed by atoms with Crippen LogP contribution >= 0.6 is 0 Å². The highest BCUT2D eigenvalue weighted by Crippen LogP contribution is 2.44. The lowest BCUT2D eigenvalue weighted by Crippen LogP contribution is -1.92. The molecule has 0 unspecified atom stereocenters. The topological polar surface area (TPSA) is 38.9 Å². The van der Waals surface area contributed by atoms with E-state index >= 15 is 0 Å². The van der Waals surface area contributed by atoms with E-state index in [1.165, 1.54) is 32.3 Å². The molecule has 3 heteroatoms. The van der Waals surface area contributed by atoms with Crippen LogP contribution in [-0.2, 0) is 6.42 Å². The number of hydrogen-bond acceptors (Lipinski definition) is 3. The standard InChI is InChI=1S/C59H38N2O/c1-2-37(15-6-7-18-42-32-29-39-27-28-40-31-34-54(38-16-4-3-5-17-38)61-58(40)57(39)60-42)51-36-53-56-43(25-14-26-55(56)62-59(53)50-24-13-12-23-48(50)51)41-30-33-49-46-21-9-8-19-44(46)45-20-10-11-22-47(45)52(49)35-41/h2-17,19-36H,1,18H2/b7-6-,37-15+. The average Bonchev–Trinajstić information content (AvgIpc) is 3.73. The molecule has 0 fully saturated rings. The molecule has 12 aromatic rings. The van der Waals surface area contributed by atoms with Gasteiger partial charge in [0, 0.05) is 44.6 Å². The van der Waals surface area contributed by atoms with E-state index in [-0.39, 0.29) is 0 Å². The predicted molar refractivity (Wildman–Crippen MR) is 263 cm³/mol. The molecular weight excluding hydrogens is 753 g/mol. The molecule has 290 valence electrons. The van der Waals surface area contributed by atoms with Gasteiger partial charge in [-0.15, -0.1) is 0 Å². The second-order valence-corrected chi connectivity index (χ2v) is 16.0. The monoisotopic (exact) mass is 790 g/mol. The van der Waals surface area contributed by atoms with E-state index in [4.69, 9.17) is 14.4 Å². The summed E-state index contributed by atoms with van der Waals surface area (Å²) in [7, 11) is 0. The zero-order chi connectivity index (χ0) is 41.1. The minimum atomic E-state index is 0.679. The number of pyridine rings is 2. The summed E-state index contributed by atoms with van der Waals surface area (Å²) in [6.07, 6.45) is 9.09. The maximum absolute atomic E-state index is 6.77. The lowest BCUT2D eigenvalue weighted by atomic mass is 9.90. The molecule has 0 radical (unpaired) electrons. The van der Waals surface area contributed by atoms with Crippen LogP contribution in [0.5, 0.6) is 0 Å². The number of rotatable bonds is 7. The van der Waals surface area contributed by atoms with Gasteiger partial charge in [0.05, 0.1) is 16.7 Å². The highest BCUT2D eigenvalue weighted by molar-refractivity contribution is 6.27. The van der Waals surface area contributed by atoms with Crippen molar-refractivity contribution in [2.24, 2.45) is 0 Å². The SMILES string of the molecule is C=C/C(=C\C=C/Cc1ccc2ccc3ccc(-c4ccccc4)nc3c2n1)c1cc2c(oc3cccc(-c4ccc5c6ccccc6c6ccccc6c5c4)c32)c2ccccc12. The summed E-state index contributed by atoms with van der Waals surface area (Å²) in [5.74, 6) is 0. The van der Waals surface area contributed by atoms with Crippen molar-refractivity contribution in [3.05, 3.63) is 224 Å². The molecule has 3 heterocycles. The second-order valence-electron chi connectivity index (χ2n) is 16.0. The number of fused-ring (bicyclic) bond motifs is 14. The largest absolute Gasteiger partial charge is 0.455 e. The van der Waals surface area contributed by atoms with Crippen molar-refractivity contribution < 1.29 is 4.42 Å². The van der Waals surface area contributed by atoms with Crippen LogP contribution in [0.1, 0.15) is 11.3 Å². The fourth-order valence-electron chi connectivity index (χ4n) is 9.52. The van der Waals surface area contributed by atoms with Crippen LogP contribution in [0.15, 0.2) is 217 Å². The number of hydrogen-bond donors (Lipinski definition) is 0. The Bertz CT molecular complexity index is 3820. The Balaban J connectivity index is 0.944. The van der Waals surface area contributed by atoms with Crippen molar-refractivity contribution in [2.45, 2.75) is 6.42 Å². The first-order chi connectivity index (χ1) is 30.7. The molecule has 62 heavy (non-hydrogen) atoms. The van der Waals surface area contributed by atoms with Crippen LogP contribution in [-0.4, -0.2) is 9.97 Å². The van der Waals surface area contributed by atoms with Gasteiger partial charge in [0.15, 0.2) is 0 Å². The number of aromatic nitrogens is 2. The Morgan fingerprint density at radius 1 is 0.500 bits per heavy atom. The fourth-order valence-corrected chi connectivity index (χ4v) is 9.52. The fraction of sp³-hybridized carbons (Fsp3) is 0.0169. The molecule has 0 aliphatic heterocycles. The summed E-state index contributed by atoms with van der Waals surface area (Å²) in [5, 5.41) is 14.1. The number of allylic oxidation sites excluding steroid dienone is 5. The summed E-state index contributed by atoms with van der Waals surface area (Å²) in [4.78, 5) is 10.2. The Morgan fingerprint density at radius 2 is 1.13 bits per heavy atom. The van der Waals surface area contributed by atoms with Gasteiger partial charge in [-0.1, -0.05) is 183 Å². The molecule has 0 spiro atoms. The van der Waals surface area contributed by atoms with Crippen molar-refractivity contribution in [2.75, 3.05) is 0 Å². The lowest BCUT2D eigenvalue weighted by Gasteiger charge is -2.13. The Kier molecular flexibility index (Phi) is 8.39. The van der Waals surface area contributed by atoms with Crippen LogP contribution in [0.4, 0.5) is 0 Å². The summed E-state index contributed by atoms with van der Waals surface area (Å²) in [5.41, 5.74) is 11.1. The third-order valence-corrected chi connectivity index (χ3v) is 12.5. The number of benzene rings is 9. The second kappa shape index (κ2) is 14.5. The first-order valence-corrected chi connectivity index (χ1v) is 21.2. The first-order valence-electron chi connectivity index (χ1n) is 21.2. The molecule has 0 saturated heterocycles. The third kappa shape index (κ3) is 5.82. The van der Waals surface area contributed by atoms with Gasteiger partial charge in [0.2, 0.25) is 0 Å². The molecule has 0 saturated carbocycles. The van der Waals surface area contributed by atoms with Crippen molar-refractivity contribution in [1.82, 2.24) is 9.97 Å². The van der Waals surface area contributed by atoms with E-state index < -0.39 is 0 Å². The smallest absolute Gasteiger partial charge is 0.143 e. The number of furan rings is 1. The van der Waals surface area contributed by atoms with Crippen molar-refractivity contribution >= 4 is 92.4 Å². The van der Waals surface area contributed by atoms with Crippen molar-refractivity contribution in [3.8, 4) is 22.4 Å². The Labute approximate surface area is 358 Å². The van der Waals surface area contributed by atoms with E-state index in [0.29, 0.717) is 6.42 Å². The van der Waals surface area contributed by atoms with E-state index in [1.54, 1.807) is 0 Å². The maximum Gasteiger partial charge on any atom is 0.143 e. The Morgan fingerprint density at radius 3 is 1.87 bits per heavy atom. The van der Waals surface area contributed by atoms with Crippen molar-refractivity contribution in [1.29, 1.82) is 0 Å². The molecule has 3 nitrogen and oxygen atoms in total. The molecule has 3 aromatic heterocycles. The van der Waals surface area contributed by atoms with Crippen LogP contribution in [0.3, 0.4) is 0 Å². The Hall–Kier alpha value is -8.14. The van der Waals surface area contributed by atoms with Gasteiger partial charge in [0.1, 0.15) is 11.2 Å². The highest BCUT2D eigenvalue weighted by atomic mass is 16.3. The van der Waals surface area contributed by atoms with Gasteiger partial charge in [-0.2, -0.15) is 0 Å². The van der Waals surface area contributed by atoms with E-state index in [1.807, 2.05) is 24.3 Å². The van der Waals surface area contributed by atoms with Crippen LogP contribution in [0.25, 0.3) is 115 Å². The molecule has 12 rings (SSSR count). The van der Waals surface area contributed by atoms with Gasteiger partial charge < -0.3 is 4.42 Å². The third-order valence-electron chi connectivity index (χ3n) is 12.5. The maximum atomic E-state index is 6.77. The quantitative estimate of drug-likeness (QED) is 0.119. The van der Waals surface area contributed by atoms with E-state index in [2.05, 4.69) is 189 Å². The van der Waals surface area contributed by atoms with Gasteiger partial charge in [-0.3, -0.25) is 4.98 Å². The zero-order valence-electron chi connectivity index (χ0n) is 33.8. The molecule has 0 aliphatic rings. The molecule has 0 aliphatic carbocycles. The van der Waals surface area contributed by atoms with Gasteiger partial charge in [-0.25, -0.2) is 4.98 Å². The summed E-state index contributed by atoms with van der Waals surface area (Å²) in [6.45, 7) is 4.30. The van der Waals surface area contributed by atoms with E-state index in [9.17, 15) is 0 Å². The van der Waals surface area contributed by atoms with Gasteiger partial charge in [0.25, 0.3) is 0 Å². The first kappa shape index (κ1) is 35.8. The predicted octanol–water partition coefficient (Wildman–Crippen LogP) is 16.0. The molecule has 0 bridgehead atoms. The molecule has 0 atom stereocenters. The molecule has 0 amide bonds. The van der Waals surface area contributed by atoms with Crippen molar-refractivity contribution in [3.63, 3.8) is 0 Å². The minimum absolute atomic E-state index is 0.679. The zero-order valence-corrected chi connectivity index (χ0v) is 33.8. The normalized spacial score (nSPS) is 12.4. The van der Waals surface area contributed by atoms with Crippen LogP contribution in [0, 0.1) is 0 Å². The molecule has 0 N–H and O–H groups in total. The highest BCUT2D eigenvalue weighted by Gasteiger charge is 2.19.